The molecule has 0 radical (unpaired) electrons. The van der Waals surface area contributed by atoms with E-state index in [1.54, 1.807) is 30.3 Å². The summed E-state index contributed by atoms with van der Waals surface area (Å²) in [5.74, 6) is 5.29. The number of pyridine rings is 1. The predicted octanol–water partition coefficient (Wildman–Crippen LogP) is 4.70. The van der Waals surface area contributed by atoms with Crippen molar-refractivity contribution in [2.45, 2.75) is 29.2 Å². The predicted molar refractivity (Wildman–Crippen MR) is 144 cm³/mol. The highest BCUT2D eigenvalue weighted by molar-refractivity contribution is 8.00. The summed E-state index contributed by atoms with van der Waals surface area (Å²) in [6.45, 7) is 1.03. The molecule has 0 unspecified atom stereocenters. The molecule has 1 aliphatic rings. The van der Waals surface area contributed by atoms with Gasteiger partial charge in [0.05, 0.1) is 40.6 Å². The number of amides is 1. The Hall–Kier alpha value is -3.87. The standard InChI is InChI=1S/C27H26F4N6OS/c1-33-25(38)17-7-8-21(19(13-17)15-32)34-10-3-5-18-14-24-23(35-22-9-12-36(2)16-20(22)28)6-4-11-37(24)26(18)39-27(29,30)31/h4,6-8,11,13-14,20,22,34-35H,9-10,12,16H2,1-2H3,(H,33,38)/t20-,22+/m0/s1. The van der Waals surface area contributed by atoms with Crippen LogP contribution < -0.4 is 16.0 Å². The van der Waals surface area contributed by atoms with Crippen molar-refractivity contribution < 1.29 is 22.4 Å². The van der Waals surface area contributed by atoms with Gasteiger partial charge in [-0.3, -0.25) is 4.79 Å². The highest BCUT2D eigenvalue weighted by Crippen LogP contribution is 2.40. The van der Waals surface area contributed by atoms with E-state index in [9.17, 15) is 27.6 Å². The highest BCUT2D eigenvalue weighted by Gasteiger charge is 2.33. The molecule has 3 N–H and O–H groups in total. The van der Waals surface area contributed by atoms with Crippen LogP contribution in [0.4, 0.5) is 28.9 Å². The van der Waals surface area contributed by atoms with Gasteiger partial charge in [0, 0.05) is 43.7 Å². The van der Waals surface area contributed by atoms with Crippen LogP contribution >= 0.6 is 11.8 Å². The highest BCUT2D eigenvalue weighted by atomic mass is 32.2. The number of rotatable bonds is 6. The van der Waals surface area contributed by atoms with E-state index in [1.807, 2.05) is 18.0 Å². The lowest BCUT2D eigenvalue weighted by Gasteiger charge is -2.33. The maximum Gasteiger partial charge on any atom is 0.447 e. The minimum atomic E-state index is -4.54. The molecule has 7 nitrogen and oxygen atoms in total. The van der Waals surface area contributed by atoms with Gasteiger partial charge in [0.2, 0.25) is 0 Å². The lowest BCUT2D eigenvalue weighted by molar-refractivity contribution is -0.0329. The largest absolute Gasteiger partial charge is 0.447 e. The molecular weight excluding hydrogens is 532 g/mol. The van der Waals surface area contributed by atoms with E-state index < -0.39 is 17.7 Å². The molecule has 3 heterocycles. The summed E-state index contributed by atoms with van der Waals surface area (Å²) in [4.78, 5) is 13.7. The van der Waals surface area contributed by atoms with Crippen LogP contribution in [0.3, 0.4) is 0 Å². The number of carbonyl (C=O) groups is 1. The summed E-state index contributed by atoms with van der Waals surface area (Å²) in [5, 5.41) is 18.0. The second kappa shape index (κ2) is 11.9. The molecule has 1 aliphatic heterocycles. The summed E-state index contributed by atoms with van der Waals surface area (Å²) in [5.41, 5.74) is -2.39. The van der Waals surface area contributed by atoms with Gasteiger partial charge in [-0.2, -0.15) is 18.4 Å². The van der Waals surface area contributed by atoms with Gasteiger partial charge in [0.25, 0.3) is 5.91 Å². The van der Waals surface area contributed by atoms with E-state index in [1.165, 1.54) is 23.7 Å². The molecule has 4 rings (SSSR count). The molecule has 1 aromatic carbocycles. The zero-order chi connectivity index (χ0) is 28.2. The maximum absolute atomic E-state index is 14.6. The summed E-state index contributed by atoms with van der Waals surface area (Å²) in [7, 11) is 3.33. The second-order valence-electron chi connectivity index (χ2n) is 9.01. The van der Waals surface area contributed by atoms with Gasteiger partial charge in [0.15, 0.2) is 0 Å². The molecule has 39 heavy (non-hydrogen) atoms. The Morgan fingerprint density at radius 3 is 2.69 bits per heavy atom. The van der Waals surface area contributed by atoms with Gasteiger partial charge in [-0.05, 0) is 49.9 Å². The summed E-state index contributed by atoms with van der Waals surface area (Å²) >= 11 is -0.263. The second-order valence-corrected chi connectivity index (χ2v) is 10.1. The first-order chi connectivity index (χ1) is 18.6. The van der Waals surface area contributed by atoms with Crippen molar-refractivity contribution in [1.29, 1.82) is 5.26 Å². The lowest BCUT2D eigenvalue weighted by atomic mass is 10.0. The zero-order valence-corrected chi connectivity index (χ0v) is 22.0. The Morgan fingerprint density at radius 1 is 1.21 bits per heavy atom. The normalized spacial score (nSPS) is 17.7. The van der Waals surface area contributed by atoms with Gasteiger partial charge in [-0.25, -0.2) is 4.39 Å². The van der Waals surface area contributed by atoms with Gasteiger partial charge >= 0.3 is 5.51 Å². The fourth-order valence-corrected chi connectivity index (χ4v) is 5.07. The smallest absolute Gasteiger partial charge is 0.378 e. The van der Waals surface area contributed by atoms with Gasteiger partial charge < -0.3 is 25.3 Å². The van der Waals surface area contributed by atoms with E-state index in [0.29, 0.717) is 35.4 Å². The first-order valence-electron chi connectivity index (χ1n) is 12.1. The number of nitrogens with one attached hydrogen (secondary N) is 3. The number of halogens is 4. The molecule has 2 aromatic heterocycles. The molecule has 0 saturated carbocycles. The first kappa shape index (κ1) is 28.1. The summed E-state index contributed by atoms with van der Waals surface area (Å²) in [6, 6.07) is 11.0. The maximum atomic E-state index is 14.6. The number of fused-ring (bicyclic) bond motifs is 1. The van der Waals surface area contributed by atoms with Crippen LogP contribution in [0.1, 0.15) is 27.9 Å². The van der Waals surface area contributed by atoms with Crippen molar-refractivity contribution in [2.75, 3.05) is 44.4 Å². The Kier molecular flexibility index (Phi) is 8.58. The van der Waals surface area contributed by atoms with Gasteiger partial charge in [-0.1, -0.05) is 11.8 Å². The Bertz CT molecular complexity index is 1470. The van der Waals surface area contributed by atoms with Crippen LogP contribution in [0, 0.1) is 23.2 Å². The molecule has 1 saturated heterocycles. The average molecular weight is 559 g/mol. The SMILES string of the molecule is CNC(=O)c1ccc(NCC#Cc2cc3c(N[C@@H]4CCN(C)C[C@@H]4F)cccn3c2SC(F)(F)F)c(C#N)c1. The van der Waals surface area contributed by atoms with Crippen molar-refractivity contribution >= 4 is 34.6 Å². The van der Waals surface area contributed by atoms with Crippen LogP contribution in [0.5, 0.6) is 0 Å². The third-order valence-electron chi connectivity index (χ3n) is 6.28. The molecule has 0 aliphatic carbocycles. The van der Waals surface area contributed by atoms with Crippen LogP contribution in [0.15, 0.2) is 47.6 Å². The topological polar surface area (TPSA) is 84.6 Å². The molecule has 0 bridgehead atoms. The summed E-state index contributed by atoms with van der Waals surface area (Å²) in [6.07, 6.45) is 0.973. The fourth-order valence-electron chi connectivity index (χ4n) is 4.37. The fraction of sp³-hybridized carbons (Fsp3) is 0.333. The van der Waals surface area contributed by atoms with Crippen LogP contribution in [0.2, 0.25) is 0 Å². The van der Waals surface area contributed by atoms with Gasteiger partial charge in [-0.15, -0.1) is 0 Å². The third-order valence-corrected chi connectivity index (χ3v) is 7.12. The molecule has 0 spiro atoms. The molecule has 1 amide bonds. The van der Waals surface area contributed by atoms with E-state index in [4.69, 9.17) is 0 Å². The monoisotopic (exact) mass is 558 g/mol. The van der Waals surface area contributed by atoms with Crippen molar-refractivity contribution in [3.05, 3.63) is 59.3 Å². The minimum Gasteiger partial charge on any atom is -0.378 e. The van der Waals surface area contributed by atoms with E-state index in [0.717, 1.165) is 0 Å². The number of alkyl halides is 4. The van der Waals surface area contributed by atoms with Crippen LogP contribution in [-0.4, -0.2) is 66.7 Å². The molecule has 2 atom stereocenters. The number of hydrogen-bond acceptors (Lipinski definition) is 6. The molecule has 204 valence electrons. The van der Waals surface area contributed by atoms with Crippen molar-refractivity contribution in [3.8, 4) is 17.9 Å². The Morgan fingerprint density at radius 2 is 2.00 bits per heavy atom. The van der Waals surface area contributed by atoms with Gasteiger partial charge in [0.1, 0.15) is 17.3 Å². The van der Waals surface area contributed by atoms with E-state index >= 15 is 0 Å². The average Bonchev–Trinajstić information content (AvgIpc) is 3.24. The quantitative estimate of drug-likeness (QED) is 0.231. The number of anilines is 2. The molecule has 1 fully saturated rings. The molecular formula is C27H26F4N6OS. The van der Waals surface area contributed by atoms with E-state index in [2.05, 4.69) is 27.8 Å². The molecule has 12 heteroatoms. The van der Waals surface area contributed by atoms with Crippen molar-refractivity contribution in [2.24, 2.45) is 0 Å². The summed E-state index contributed by atoms with van der Waals surface area (Å²) < 4.78 is 56.4. The minimum absolute atomic E-state index is 0.0422. The number of thioether (sulfide) groups is 1. The third kappa shape index (κ3) is 6.77. The number of aromatic nitrogens is 1. The number of piperidine rings is 1. The number of likely N-dealkylation sites (tertiary alicyclic amines) is 1. The number of nitrogens with zero attached hydrogens (tertiary/aromatic N) is 3. The number of nitriles is 1. The van der Waals surface area contributed by atoms with E-state index in [-0.39, 0.29) is 46.9 Å². The Labute approximate surface area is 227 Å². The van der Waals surface area contributed by atoms with Crippen molar-refractivity contribution in [3.63, 3.8) is 0 Å². The zero-order valence-electron chi connectivity index (χ0n) is 21.2. The Balaban J connectivity index is 1.60. The lowest BCUT2D eigenvalue weighted by Crippen LogP contribution is -2.46. The number of hydrogen-bond donors (Lipinski definition) is 3. The number of carbonyl (C=O) groups excluding carboxylic acids is 1. The number of benzene rings is 1. The first-order valence-corrected chi connectivity index (χ1v) is 12.9. The van der Waals surface area contributed by atoms with Crippen LogP contribution in [0.25, 0.3) is 5.52 Å². The molecule has 3 aromatic rings. The van der Waals surface area contributed by atoms with Crippen LogP contribution in [-0.2, 0) is 0 Å². The van der Waals surface area contributed by atoms with Crippen molar-refractivity contribution in [1.82, 2.24) is 14.6 Å².